The van der Waals surface area contributed by atoms with Crippen molar-refractivity contribution in [2.24, 2.45) is 0 Å². The van der Waals surface area contributed by atoms with E-state index in [1.54, 1.807) is 19.2 Å². The van der Waals surface area contributed by atoms with Crippen LogP contribution in [0.25, 0.3) is 0 Å². The average molecular weight is 342 g/mol. The highest BCUT2D eigenvalue weighted by Crippen LogP contribution is 2.24. The van der Waals surface area contributed by atoms with E-state index in [0.717, 1.165) is 23.4 Å². The highest BCUT2D eigenvalue weighted by molar-refractivity contribution is 5.29. The van der Waals surface area contributed by atoms with Crippen LogP contribution in [0.5, 0.6) is 11.5 Å². The Morgan fingerprint density at radius 3 is 2.08 bits per heavy atom. The van der Waals surface area contributed by atoms with Gasteiger partial charge in [-0.2, -0.15) is 0 Å². The Bertz CT molecular complexity index is 624. The molecule has 4 nitrogen and oxygen atoms in total. The second kappa shape index (κ2) is 8.03. The zero-order valence-electron chi connectivity index (χ0n) is 12.9. The van der Waals surface area contributed by atoms with Gasteiger partial charge >= 0.3 is 6.36 Å². The SMILES string of the molecule is COc1ccc(COC[C@@H](O)c2ccc(OC(F)(F)F)cc2)cc1. The van der Waals surface area contributed by atoms with Crippen LogP contribution >= 0.6 is 0 Å². The molecule has 0 heterocycles. The summed E-state index contributed by atoms with van der Waals surface area (Å²) >= 11 is 0. The summed E-state index contributed by atoms with van der Waals surface area (Å²) in [5.41, 5.74) is 1.36. The molecule has 0 saturated carbocycles. The maximum Gasteiger partial charge on any atom is 0.573 e. The minimum absolute atomic E-state index is 0.0193. The fourth-order valence-corrected chi connectivity index (χ4v) is 2.00. The molecule has 2 aromatic rings. The molecule has 0 bridgehead atoms. The topological polar surface area (TPSA) is 47.9 Å². The third-order valence-corrected chi connectivity index (χ3v) is 3.20. The fraction of sp³-hybridized carbons (Fsp3) is 0.294. The van der Waals surface area contributed by atoms with E-state index < -0.39 is 12.5 Å². The predicted octanol–water partition coefficient (Wildman–Crippen LogP) is 3.84. The zero-order chi connectivity index (χ0) is 17.6. The minimum Gasteiger partial charge on any atom is -0.497 e. The molecule has 2 rings (SSSR count). The summed E-state index contributed by atoms with van der Waals surface area (Å²) in [4.78, 5) is 0. The van der Waals surface area contributed by atoms with Crippen LogP contribution in [-0.4, -0.2) is 25.2 Å². The predicted molar refractivity (Wildman–Crippen MR) is 80.7 cm³/mol. The first-order chi connectivity index (χ1) is 11.4. The Labute approximate surface area is 137 Å². The van der Waals surface area contributed by atoms with E-state index in [2.05, 4.69) is 4.74 Å². The van der Waals surface area contributed by atoms with Crippen molar-refractivity contribution in [3.8, 4) is 11.5 Å². The highest BCUT2D eigenvalue weighted by Gasteiger charge is 2.31. The Morgan fingerprint density at radius 2 is 1.54 bits per heavy atom. The summed E-state index contributed by atoms with van der Waals surface area (Å²) in [5.74, 6) is 0.401. The molecular formula is C17H17F3O4. The van der Waals surface area contributed by atoms with E-state index in [0.29, 0.717) is 12.2 Å². The number of methoxy groups -OCH3 is 1. The average Bonchev–Trinajstić information content (AvgIpc) is 2.54. The molecule has 0 fully saturated rings. The molecule has 0 aliphatic heterocycles. The number of hydrogen-bond acceptors (Lipinski definition) is 4. The number of hydrogen-bond donors (Lipinski definition) is 1. The molecule has 2 aromatic carbocycles. The van der Waals surface area contributed by atoms with Gasteiger partial charge in [-0.25, -0.2) is 0 Å². The van der Waals surface area contributed by atoms with Crippen molar-refractivity contribution in [1.29, 1.82) is 0 Å². The zero-order valence-corrected chi connectivity index (χ0v) is 12.9. The number of aliphatic hydroxyl groups excluding tert-OH is 1. The number of halogens is 3. The fourth-order valence-electron chi connectivity index (χ4n) is 2.00. The van der Waals surface area contributed by atoms with Crippen LogP contribution in [0.1, 0.15) is 17.2 Å². The van der Waals surface area contributed by atoms with Crippen LogP contribution < -0.4 is 9.47 Å². The maximum atomic E-state index is 12.1. The van der Waals surface area contributed by atoms with Crippen molar-refractivity contribution in [2.45, 2.75) is 19.1 Å². The van der Waals surface area contributed by atoms with Gasteiger partial charge in [0.15, 0.2) is 0 Å². The van der Waals surface area contributed by atoms with Crippen molar-refractivity contribution in [1.82, 2.24) is 0 Å². The van der Waals surface area contributed by atoms with Gasteiger partial charge in [0, 0.05) is 0 Å². The smallest absolute Gasteiger partial charge is 0.497 e. The standard InChI is InChI=1S/C17H17F3O4/c1-22-14-6-2-12(3-7-14)10-23-11-16(21)13-4-8-15(9-5-13)24-17(18,19)20/h2-9,16,21H,10-11H2,1H3/t16-/m1/s1. The first kappa shape index (κ1) is 18.1. The summed E-state index contributed by atoms with van der Waals surface area (Å²) in [6, 6.07) is 12.3. The van der Waals surface area contributed by atoms with Crippen LogP contribution in [-0.2, 0) is 11.3 Å². The van der Waals surface area contributed by atoms with E-state index in [1.807, 2.05) is 12.1 Å². The second-order valence-electron chi connectivity index (χ2n) is 5.00. The second-order valence-corrected chi connectivity index (χ2v) is 5.00. The summed E-state index contributed by atoms with van der Waals surface area (Å²) in [7, 11) is 1.58. The molecular weight excluding hydrogens is 325 g/mol. The van der Waals surface area contributed by atoms with E-state index >= 15 is 0 Å². The Morgan fingerprint density at radius 1 is 0.958 bits per heavy atom. The lowest BCUT2D eigenvalue weighted by Crippen LogP contribution is -2.17. The number of rotatable bonds is 7. The molecule has 0 saturated heterocycles. The van der Waals surface area contributed by atoms with Gasteiger partial charge in [-0.3, -0.25) is 0 Å². The largest absolute Gasteiger partial charge is 0.573 e. The van der Waals surface area contributed by atoms with Crippen LogP contribution in [0.3, 0.4) is 0 Å². The molecule has 1 N–H and O–H groups in total. The quantitative estimate of drug-likeness (QED) is 0.830. The van der Waals surface area contributed by atoms with Crippen LogP contribution in [0.2, 0.25) is 0 Å². The van der Waals surface area contributed by atoms with Crippen molar-refractivity contribution in [2.75, 3.05) is 13.7 Å². The first-order valence-electron chi connectivity index (χ1n) is 7.12. The molecule has 7 heteroatoms. The van der Waals surface area contributed by atoms with E-state index in [9.17, 15) is 18.3 Å². The van der Waals surface area contributed by atoms with Crippen molar-refractivity contribution < 1.29 is 32.5 Å². The van der Waals surface area contributed by atoms with Gasteiger partial charge in [-0.05, 0) is 35.4 Å². The van der Waals surface area contributed by atoms with Gasteiger partial charge in [-0.15, -0.1) is 13.2 Å². The molecule has 0 radical (unpaired) electrons. The molecule has 24 heavy (non-hydrogen) atoms. The van der Waals surface area contributed by atoms with Gasteiger partial charge in [0.05, 0.1) is 20.3 Å². The third-order valence-electron chi connectivity index (χ3n) is 3.20. The molecule has 130 valence electrons. The number of alkyl halides is 3. The molecule has 1 atom stereocenters. The lowest BCUT2D eigenvalue weighted by atomic mass is 10.1. The molecule has 0 aromatic heterocycles. The minimum atomic E-state index is -4.73. The summed E-state index contributed by atoms with van der Waals surface area (Å²) < 4.78 is 50.5. The normalized spacial score (nSPS) is 12.7. The van der Waals surface area contributed by atoms with E-state index in [4.69, 9.17) is 9.47 Å². The van der Waals surface area contributed by atoms with Gasteiger partial charge in [0.25, 0.3) is 0 Å². The lowest BCUT2D eigenvalue weighted by Gasteiger charge is -2.13. The molecule has 0 aliphatic carbocycles. The Kier molecular flexibility index (Phi) is 6.05. The highest BCUT2D eigenvalue weighted by atomic mass is 19.4. The van der Waals surface area contributed by atoms with Gasteiger partial charge in [0.2, 0.25) is 0 Å². The monoisotopic (exact) mass is 342 g/mol. The summed E-state index contributed by atoms with van der Waals surface area (Å²) in [6.07, 6.45) is -5.68. The third kappa shape index (κ3) is 5.75. The molecule has 0 amide bonds. The maximum absolute atomic E-state index is 12.1. The van der Waals surface area contributed by atoms with Gasteiger partial charge in [-0.1, -0.05) is 24.3 Å². The summed E-state index contributed by atoms with van der Waals surface area (Å²) in [5, 5.41) is 10.00. The van der Waals surface area contributed by atoms with Crippen LogP contribution in [0.15, 0.2) is 48.5 Å². The lowest BCUT2D eigenvalue weighted by molar-refractivity contribution is -0.274. The van der Waals surface area contributed by atoms with E-state index in [-0.39, 0.29) is 12.4 Å². The Balaban J connectivity index is 1.82. The summed E-state index contributed by atoms with van der Waals surface area (Å²) in [6.45, 7) is 0.321. The van der Waals surface area contributed by atoms with E-state index in [1.165, 1.54) is 12.1 Å². The molecule has 0 unspecified atom stereocenters. The van der Waals surface area contributed by atoms with Crippen molar-refractivity contribution in [3.63, 3.8) is 0 Å². The van der Waals surface area contributed by atoms with Crippen LogP contribution in [0.4, 0.5) is 13.2 Å². The number of benzene rings is 2. The van der Waals surface area contributed by atoms with Crippen molar-refractivity contribution in [3.05, 3.63) is 59.7 Å². The first-order valence-corrected chi connectivity index (χ1v) is 7.12. The Hall–Kier alpha value is -2.25. The molecule has 0 spiro atoms. The van der Waals surface area contributed by atoms with Gasteiger partial charge in [0.1, 0.15) is 17.6 Å². The number of ether oxygens (including phenoxy) is 3. The van der Waals surface area contributed by atoms with Crippen LogP contribution in [0, 0.1) is 0 Å². The molecule has 0 aliphatic rings. The van der Waals surface area contributed by atoms with Crippen molar-refractivity contribution >= 4 is 0 Å². The number of aliphatic hydroxyl groups is 1. The van der Waals surface area contributed by atoms with Gasteiger partial charge < -0.3 is 19.3 Å².